The van der Waals surface area contributed by atoms with Crippen molar-refractivity contribution in [3.63, 3.8) is 0 Å². The average Bonchev–Trinajstić information content (AvgIpc) is 3.15. The number of aromatic nitrogens is 2. The summed E-state index contributed by atoms with van der Waals surface area (Å²) >= 11 is 0. The van der Waals surface area contributed by atoms with E-state index in [2.05, 4.69) is 17.3 Å². The fourth-order valence-corrected chi connectivity index (χ4v) is 2.33. The fraction of sp³-hybridized carbons (Fsp3) is 0.400. The van der Waals surface area contributed by atoms with Crippen LogP contribution >= 0.6 is 0 Å². The third-order valence-electron chi connectivity index (χ3n) is 3.39. The fourth-order valence-electron chi connectivity index (χ4n) is 2.33. The maximum absolute atomic E-state index is 5.43. The van der Waals surface area contributed by atoms with Gasteiger partial charge in [0, 0.05) is 25.0 Å². The molecule has 112 valence electrons. The second-order valence-electron chi connectivity index (χ2n) is 5.04. The Morgan fingerprint density at radius 2 is 2.33 bits per heavy atom. The van der Waals surface area contributed by atoms with Crippen LogP contribution in [0.3, 0.4) is 0 Å². The number of hydrogen-bond donors (Lipinski definition) is 1. The molecule has 0 saturated carbocycles. The van der Waals surface area contributed by atoms with E-state index in [4.69, 9.17) is 14.2 Å². The van der Waals surface area contributed by atoms with Gasteiger partial charge in [-0.1, -0.05) is 0 Å². The third-order valence-corrected chi connectivity index (χ3v) is 3.39. The molecule has 6 nitrogen and oxygen atoms in total. The summed E-state index contributed by atoms with van der Waals surface area (Å²) in [6.07, 6.45) is 3.75. The van der Waals surface area contributed by atoms with E-state index in [0.717, 1.165) is 24.4 Å². The Morgan fingerprint density at radius 1 is 1.43 bits per heavy atom. The molecule has 6 heteroatoms. The number of benzene rings is 1. The van der Waals surface area contributed by atoms with Crippen LogP contribution in [0.2, 0.25) is 0 Å². The predicted octanol–water partition coefficient (Wildman–Crippen LogP) is 1.80. The van der Waals surface area contributed by atoms with Crippen molar-refractivity contribution in [3.8, 4) is 17.2 Å². The van der Waals surface area contributed by atoms with E-state index in [1.807, 2.05) is 29.1 Å². The molecule has 1 aromatic carbocycles. The van der Waals surface area contributed by atoms with E-state index in [1.165, 1.54) is 0 Å². The van der Waals surface area contributed by atoms with Crippen LogP contribution in [-0.2, 0) is 13.1 Å². The van der Waals surface area contributed by atoms with Crippen LogP contribution in [0.25, 0.3) is 0 Å². The molecular formula is C15H19N3O3. The van der Waals surface area contributed by atoms with Gasteiger partial charge >= 0.3 is 0 Å². The monoisotopic (exact) mass is 289 g/mol. The third kappa shape index (κ3) is 3.11. The summed E-state index contributed by atoms with van der Waals surface area (Å²) in [7, 11) is 1.63. The van der Waals surface area contributed by atoms with Gasteiger partial charge in [0.25, 0.3) is 0 Å². The van der Waals surface area contributed by atoms with Gasteiger partial charge in [-0.25, -0.2) is 0 Å². The van der Waals surface area contributed by atoms with E-state index >= 15 is 0 Å². The van der Waals surface area contributed by atoms with Gasteiger partial charge in [0.2, 0.25) is 12.5 Å². The van der Waals surface area contributed by atoms with E-state index in [-0.39, 0.29) is 6.79 Å². The molecule has 1 atom stereocenters. The first-order chi connectivity index (χ1) is 10.3. The molecule has 0 spiro atoms. The highest BCUT2D eigenvalue weighted by molar-refractivity contribution is 5.55. The summed E-state index contributed by atoms with van der Waals surface area (Å²) in [5.41, 5.74) is 1.10. The van der Waals surface area contributed by atoms with Gasteiger partial charge in [-0.3, -0.25) is 4.68 Å². The Kier molecular flexibility index (Phi) is 3.96. The van der Waals surface area contributed by atoms with Crippen LogP contribution < -0.4 is 19.5 Å². The van der Waals surface area contributed by atoms with Crippen LogP contribution in [0.15, 0.2) is 30.6 Å². The molecule has 2 aromatic rings. The van der Waals surface area contributed by atoms with E-state index in [9.17, 15) is 0 Å². The summed E-state index contributed by atoms with van der Waals surface area (Å²) in [4.78, 5) is 0. The normalized spacial score (nSPS) is 14.2. The molecule has 2 heterocycles. The lowest BCUT2D eigenvalue weighted by molar-refractivity contribution is 0.171. The minimum atomic E-state index is 0.248. The minimum absolute atomic E-state index is 0.248. The lowest BCUT2D eigenvalue weighted by atomic mass is 10.1. The van der Waals surface area contributed by atoms with Gasteiger partial charge in [-0.2, -0.15) is 5.10 Å². The van der Waals surface area contributed by atoms with Gasteiger partial charge in [0.1, 0.15) is 0 Å². The lowest BCUT2D eigenvalue weighted by Gasteiger charge is -2.15. The Morgan fingerprint density at radius 3 is 3.10 bits per heavy atom. The van der Waals surface area contributed by atoms with Crippen molar-refractivity contribution in [2.45, 2.75) is 26.1 Å². The zero-order chi connectivity index (χ0) is 14.7. The van der Waals surface area contributed by atoms with Crippen molar-refractivity contribution in [2.75, 3.05) is 13.9 Å². The molecule has 1 aromatic heterocycles. The van der Waals surface area contributed by atoms with E-state index in [0.29, 0.717) is 17.5 Å². The Bertz CT molecular complexity index is 598. The summed E-state index contributed by atoms with van der Waals surface area (Å²) in [5, 5.41) is 7.67. The van der Waals surface area contributed by atoms with Crippen LogP contribution in [-0.4, -0.2) is 29.7 Å². The number of hydrogen-bond acceptors (Lipinski definition) is 5. The molecule has 0 fully saturated rings. The summed E-state index contributed by atoms with van der Waals surface area (Å²) in [6.45, 7) is 3.94. The van der Waals surface area contributed by atoms with Crippen molar-refractivity contribution in [1.82, 2.24) is 15.1 Å². The average molecular weight is 289 g/mol. The number of methoxy groups -OCH3 is 1. The number of fused-ring (bicyclic) bond motifs is 1. The van der Waals surface area contributed by atoms with Crippen LogP contribution in [0, 0.1) is 0 Å². The first-order valence-corrected chi connectivity index (χ1v) is 6.93. The second-order valence-corrected chi connectivity index (χ2v) is 5.04. The Balaban J connectivity index is 1.62. The highest BCUT2D eigenvalue weighted by Crippen LogP contribution is 2.41. The number of nitrogens with zero attached hydrogens (tertiary/aromatic N) is 2. The Hall–Kier alpha value is -2.21. The van der Waals surface area contributed by atoms with Gasteiger partial charge in [0.05, 0.1) is 13.7 Å². The second kappa shape index (κ2) is 6.05. The number of rotatable bonds is 6. The quantitative estimate of drug-likeness (QED) is 0.878. The van der Waals surface area contributed by atoms with Gasteiger partial charge in [0.15, 0.2) is 11.5 Å². The molecule has 21 heavy (non-hydrogen) atoms. The molecule has 0 bridgehead atoms. The molecule has 0 saturated heterocycles. The van der Waals surface area contributed by atoms with Crippen LogP contribution in [0.4, 0.5) is 0 Å². The summed E-state index contributed by atoms with van der Waals surface area (Å²) in [6, 6.07) is 6.19. The summed E-state index contributed by atoms with van der Waals surface area (Å²) in [5.74, 6) is 2.14. The standard InChI is InChI=1S/C15H19N3O3/c1-11(9-18-5-3-4-17-18)16-8-12-6-13(19-2)15-14(7-12)20-10-21-15/h3-7,11,16H,8-10H2,1-2H3/t11-/m1/s1. The van der Waals surface area contributed by atoms with Gasteiger partial charge in [-0.05, 0) is 30.7 Å². The molecular weight excluding hydrogens is 270 g/mol. The number of nitrogens with one attached hydrogen (secondary N) is 1. The highest BCUT2D eigenvalue weighted by atomic mass is 16.7. The SMILES string of the molecule is COc1cc(CN[C@H](C)Cn2cccn2)cc2c1OCO2. The van der Waals surface area contributed by atoms with Gasteiger partial charge in [-0.15, -0.1) is 0 Å². The molecule has 1 N–H and O–H groups in total. The summed E-state index contributed by atoms with van der Waals surface area (Å²) < 4.78 is 18.1. The highest BCUT2D eigenvalue weighted by Gasteiger charge is 2.20. The smallest absolute Gasteiger partial charge is 0.231 e. The van der Waals surface area contributed by atoms with E-state index < -0.39 is 0 Å². The van der Waals surface area contributed by atoms with Crippen molar-refractivity contribution >= 4 is 0 Å². The minimum Gasteiger partial charge on any atom is -0.493 e. The van der Waals surface area contributed by atoms with Gasteiger partial charge < -0.3 is 19.5 Å². The topological polar surface area (TPSA) is 57.5 Å². The molecule has 1 aliphatic rings. The largest absolute Gasteiger partial charge is 0.493 e. The van der Waals surface area contributed by atoms with E-state index in [1.54, 1.807) is 13.3 Å². The van der Waals surface area contributed by atoms with Crippen LogP contribution in [0.5, 0.6) is 17.2 Å². The molecule has 0 unspecified atom stereocenters. The zero-order valence-corrected chi connectivity index (χ0v) is 12.2. The van der Waals surface area contributed by atoms with Crippen molar-refractivity contribution in [1.29, 1.82) is 0 Å². The molecule has 3 rings (SSSR count). The maximum atomic E-state index is 5.43. The van der Waals surface area contributed by atoms with Crippen molar-refractivity contribution in [2.24, 2.45) is 0 Å². The first kappa shape index (κ1) is 13.8. The lowest BCUT2D eigenvalue weighted by Crippen LogP contribution is -2.30. The first-order valence-electron chi connectivity index (χ1n) is 6.93. The molecule has 0 radical (unpaired) electrons. The van der Waals surface area contributed by atoms with Crippen molar-refractivity contribution in [3.05, 3.63) is 36.2 Å². The molecule has 0 aliphatic carbocycles. The predicted molar refractivity (Wildman–Crippen MR) is 77.6 cm³/mol. The van der Waals surface area contributed by atoms with Crippen molar-refractivity contribution < 1.29 is 14.2 Å². The van der Waals surface area contributed by atoms with Crippen LogP contribution in [0.1, 0.15) is 12.5 Å². The molecule has 1 aliphatic heterocycles. The maximum Gasteiger partial charge on any atom is 0.231 e. The molecule has 0 amide bonds. The zero-order valence-electron chi connectivity index (χ0n) is 12.2. The Labute approximate surface area is 123 Å². The number of ether oxygens (including phenoxy) is 3.